The van der Waals surface area contributed by atoms with Crippen molar-refractivity contribution in [2.45, 2.75) is 39.2 Å². The van der Waals surface area contributed by atoms with Gasteiger partial charge in [0, 0.05) is 19.5 Å². The first-order chi connectivity index (χ1) is 14.6. The van der Waals surface area contributed by atoms with E-state index in [2.05, 4.69) is 30.9 Å². The van der Waals surface area contributed by atoms with Gasteiger partial charge in [0.2, 0.25) is 0 Å². The molecule has 0 N–H and O–H groups in total. The Balaban J connectivity index is 1.74. The molecule has 1 heterocycles. The molecule has 30 heavy (non-hydrogen) atoms. The van der Waals surface area contributed by atoms with E-state index in [0.717, 1.165) is 47.1 Å². The molecule has 0 fully saturated rings. The first-order valence-electron chi connectivity index (χ1n) is 10.6. The Hall–Kier alpha value is -2.18. The first-order valence-corrected chi connectivity index (χ1v) is 11.9. The number of carbonyl (C=O) groups excluding carboxylic acids is 1. The normalized spacial score (nSPS) is 15.7. The van der Waals surface area contributed by atoms with Crippen LogP contribution in [0.1, 0.15) is 50.3 Å². The van der Waals surface area contributed by atoms with Crippen molar-refractivity contribution in [2.75, 3.05) is 18.8 Å². The van der Waals surface area contributed by atoms with E-state index in [9.17, 15) is 4.79 Å². The van der Waals surface area contributed by atoms with Gasteiger partial charge in [0.25, 0.3) is 5.91 Å². The lowest BCUT2D eigenvalue weighted by molar-refractivity contribution is -0.130. The molecule has 6 heteroatoms. The molecule has 1 aliphatic rings. The number of amides is 1. The molecule has 2 aromatic rings. The van der Waals surface area contributed by atoms with E-state index < -0.39 is 0 Å². The fourth-order valence-corrected chi connectivity index (χ4v) is 4.70. The molecule has 0 saturated heterocycles. The summed E-state index contributed by atoms with van der Waals surface area (Å²) in [7, 11) is 0. The zero-order chi connectivity index (χ0) is 21.3. The molecule has 0 radical (unpaired) electrons. The summed E-state index contributed by atoms with van der Waals surface area (Å²) in [6.07, 6.45) is 2.80. The highest BCUT2D eigenvalue weighted by molar-refractivity contribution is 8.23. The third kappa shape index (κ3) is 5.70. The zero-order valence-electron chi connectivity index (χ0n) is 17.7. The Morgan fingerprint density at radius 2 is 1.67 bits per heavy atom. The fourth-order valence-electron chi connectivity index (χ4n) is 3.60. The van der Waals surface area contributed by atoms with Crippen molar-refractivity contribution in [1.29, 1.82) is 0 Å². The van der Waals surface area contributed by atoms with Gasteiger partial charge in [-0.1, -0.05) is 98.5 Å². The predicted octanol–water partition coefficient (Wildman–Crippen LogP) is 5.50. The van der Waals surface area contributed by atoms with Crippen LogP contribution in [0.15, 0.2) is 65.8 Å². The lowest BCUT2D eigenvalue weighted by Crippen LogP contribution is -2.32. The summed E-state index contributed by atoms with van der Waals surface area (Å²) in [5.41, 5.74) is 3.12. The Bertz CT molecular complexity index is 865. The van der Waals surface area contributed by atoms with Crippen molar-refractivity contribution in [2.24, 2.45) is 5.10 Å². The van der Waals surface area contributed by atoms with E-state index in [0.29, 0.717) is 12.2 Å². The van der Waals surface area contributed by atoms with Crippen LogP contribution in [0.5, 0.6) is 0 Å². The molecule has 4 nitrogen and oxygen atoms in total. The molecule has 0 bridgehead atoms. The molecule has 0 spiro atoms. The second-order valence-electron chi connectivity index (χ2n) is 7.32. The Kier molecular flexibility index (Phi) is 8.46. The molecule has 0 unspecified atom stereocenters. The van der Waals surface area contributed by atoms with Crippen LogP contribution in [-0.4, -0.2) is 44.7 Å². The number of thiocarbonyl (C=S) groups is 1. The quantitative estimate of drug-likeness (QED) is 0.509. The molecule has 0 aliphatic carbocycles. The summed E-state index contributed by atoms with van der Waals surface area (Å²) in [5, 5.41) is 6.41. The van der Waals surface area contributed by atoms with Gasteiger partial charge in [0.1, 0.15) is 4.32 Å². The SMILES string of the molecule is CCCN(CCC)C(=S)SCC(=O)N1N=C(c2ccccc2)C[C@H]1c1ccccc1. The summed E-state index contributed by atoms with van der Waals surface area (Å²) in [5.74, 6) is 0.299. The highest BCUT2D eigenvalue weighted by Gasteiger charge is 2.33. The van der Waals surface area contributed by atoms with Crippen molar-refractivity contribution in [3.8, 4) is 0 Å². The lowest BCUT2D eigenvalue weighted by Gasteiger charge is -2.25. The summed E-state index contributed by atoms with van der Waals surface area (Å²) in [4.78, 5) is 15.4. The molecular formula is C24H29N3OS2. The number of carbonyl (C=O) groups is 1. The van der Waals surface area contributed by atoms with Gasteiger partial charge in [0.05, 0.1) is 17.5 Å². The van der Waals surface area contributed by atoms with Crippen LogP contribution in [0, 0.1) is 0 Å². The van der Waals surface area contributed by atoms with Crippen LogP contribution in [-0.2, 0) is 4.79 Å². The van der Waals surface area contributed by atoms with Gasteiger partial charge in [-0.2, -0.15) is 5.10 Å². The molecule has 1 aliphatic heterocycles. The van der Waals surface area contributed by atoms with E-state index in [1.807, 2.05) is 48.5 Å². The van der Waals surface area contributed by atoms with Crippen molar-refractivity contribution in [1.82, 2.24) is 9.91 Å². The van der Waals surface area contributed by atoms with E-state index in [1.54, 1.807) is 5.01 Å². The summed E-state index contributed by atoms with van der Waals surface area (Å²) < 4.78 is 0.801. The van der Waals surface area contributed by atoms with Crippen molar-refractivity contribution >= 4 is 39.9 Å². The maximum atomic E-state index is 13.2. The number of nitrogens with zero attached hydrogens (tertiary/aromatic N) is 3. The number of thioether (sulfide) groups is 1. The third-order valence-corrected chi connectivity index (χ3v) is 6.53. The molecular weight excluding hydrogens is 410 g/mol. The van der Waals surface area contributed by atoms with Crippen molar-refractivity contribution in [3.63, 3.8) is 0 Å². The van der Waals surface area contributed by atoms with Crippen LogP contribution < -0.4 is 0 Å². The summed E-state index contributed by atoms with van der Waals surface area (Å²) in [6.45, 7) is 6.16. The average molecular weight is 440 g/mol. The Labute approximate surface area is 189 Å². The highest BCUT2D eigenvalue weighted by Crippen LogP contribution is 2.33. The van der Waals surface area contributed by atoms with E-state index in [1.165, 1.54) is 11.8 Å². The minimum Gasteiger partial charge on any atom is -0.358 e. The second kappa shape index (κ2) is 11.3. The number of benzene rings is 2. The molecule has 0 aromatic heterocycles. The smallest absolute Gasteiger partial charge is 0.253 e. The standard InChI is InChI=1S/C24H29N3OS2/c1-3-15-26(16-4-2)24(29)30-18-23(28)27-22(20-13-9-6-10-14-20)17-21(25-27)19-11-7-5-8-12-19/h5-14,22H,3-4,15-18H2,1-2H3/t22-/m0/s1. The Morgan fingerprint density at radius 3 is 2.27 bits per heavy atom. The summed E-state index contributed by atoms with van der Waals surface area (Å²) >= 11 is 7.05. The zero-order valence-corrected chi connectivity index (χ0v) is 19.3. The van der Waals surface area contributed by atoms with Gasteiger partial charge < -0.3 is 4.90 Å². The maximum absolute atomic E-state index is 13.2. The Morgan fingerprint density at radius 1 is 1.07 bits per heavy atom. The molecule has 1 amide bonds. The molecule has 158 valence electrons. The monoisotopic (exact) mass is 439 g/mol. The van der Waals surface area contributed by atoms with Crippen LogP contribution in [0.4, 0.5) is 0 Å². The second-order valence-corrected chi connectivity index (χ2v) is 8.93. The van der Waals surface area contributed by atoms with Gasteiger partial charge >= 0.3 is 0 Å². The number of hydrogen-bond donors (Lipinski definition) is 0. The van der Waals surface area contributed by atoms with Gasteiger partial charge in [-0.3, -0.25) is 4.79 Å². The van der Waals surface area contributed by atoms with Crippen molar-refractivity contribution < 1.29 is 4.79 Å². The maximum Gasteiger partial charge on any atom is 0.253 e. The van der Waals surface area contributed by atoms with Crippen LogP contribution in [0.3, 0.4) is 0 Å². The van der Waals surface area contributed by atoms with Crippen LogP contribution in [0.25, 0.3) is 0 Å². The predicted molar refractivity (Wildman–Crippen MR) is 131 cm³/mol. The highest BCUT2D eigenvalue weighted by atomic mass is 32.2. The van der Waals surface area contributed by atoms with Crippen LogP contribution in [0.2, 0.25) is 0 Å². The number of hydrogen-bond acceptors (Lipinski definition) is 4. The first kappa shape index (κ1) is 22.5. The van der Waals surface area contributed by atoms with Gasteiger partial charge in [0.15, 0.2) is 0 Å². The van der Waals surface area contributed by atoms with E-state index in [4.69, 9.17) is 17.3 Å². The number of rotatable bonds is 8. The minimum absolute atomic E-state index is 0.00455. The van der Waals surface area contributed by atoms with Gasteiger partial charge in [-0.15, -0.1) is 0 Å². The topological polar surface area (TPSA) is 35.9 Å². The third-order valence-electron chi connectivity index (χ3n) is 5.02. The average Bonchev–Trinajstić information content (AvgIpc) is 3.24. The van der Waals surface area contributed by atoms with Gasteiger partial charge in [-0.25, -0.2) is 5.01 Å². The van der Waals surface area contributed by atoms with Gasteiger partial charge in [-0.05, 0) is 24.0 Å². The van der Waals surface area contributed by atoms with E-state index >= 15 is 0 Å². The lowest BCUT2D eigenvalue weighted by atomic mass is 9.98. The van der Waals surface area contributed by atoms with Crippen molar-refractivity contribution in [3.05, 3.63) is 71.8 Å². The number of hydrazone groups is 1. The molecule has 0 saturated carbocycles. The largest absolute Gasteiger partial charge is 0.358 e. The summed E-state index contributed by atoms with van der Waals surface area (Å²) in [6, 6.07) is 20.2. The van der Waals surface area contributed by atoms with E-state index in [-0.39, 0.29) is 11.9 Å². The molecule has 3 rings (SSSR count). The fraction of sp³-hybridized carbons (Fsp3) is 0.375. The molecule has 1 atom stereocenters. The van der Waals surface area contributed by atoms with Crippen LogP contribution >= 0.6 is 24.0 Å². The molecule has 2 aromatic carbocycles. The minimum atomic E-state index is -0.0783.